The van der Waals surface area contributed by atoms with Gasteiger partial charge in [0.1, 0.15) is 16.4 Å². The average molecular weight is 513 g/mol. The molecule has 2 aliphatic rings. The number of fused-ring (bicyclic) bond motifs is 2. The Morgan fingerprint density at radius 3 is 2.37 bits per heavy atom. The van der Waals surface area contributed by atoms with Crippen LogP contribution in [0, 0.1) is 0 Å². The molecule has 8 heteroatoms. The Bertz CT molecular complexity index is 1230. The number of urea groups is 1. The summed E-state index contributed by atoms with van der Waals surface area (Å²) in [6, 6.07) is 3.56. The monoisotopic (exact) mass is 512 g/mol. The maximum absolute atomic E-state index is 13.1. The van der Waals surface area contributed by atoms with Crippen LogP contribution >= 0.6 is 22.7 Å². The molecule has 5 rings (SSSR count). The Morgan fingerprint density at radius 1 is 1.00 bits per heavy atom. The van der Waals surface area contributed by atoms with Gasteiger partial charge in [0.05, 0.1) is 16.7 Å². The first-order valence-corrected chi connectivity index (χ1v) is 14.0. The molecule has 2 N–H and O–H groups in total. The quantitative estimate of drug-likeness (QED) is 0.357. The molecule has 3 aromatic rings. The second-order valence-corrected chi connectivity index (χ2v) is 12.4. The maximum Gasteiger partial charge on any atom is 0.341 e. The third-order valence-corrected chi connectivity index (χ3v) is 9.01. The van der Waals surface area contributed by atoms with Crippen molar-refractivity contribution in [1.82, 2.24) is 5.32 Å². The molecule has 3 aromatic heterocycles. The van der Waals surface area contributed by atoms with Gasteiger partial charge in [-0.25, -0.2) is 9.59 Å². The molecule has 3 heterocycles. The predicted octanol–water partition coefficient (Wildman–Crippen LogP) is 7.10. The van der Waals surface area contributed by atoms with Crippen LogP contribution in [0.4, 0.5) is 9.80 Å². The zero-order valence-corrected chi connectivity index (χ0v) is 22.2. The third-order valence-electron chi connectivity index (χ3n) is 6.45. The summed E-state index contributed by atoms with van der Waals surface area (Å²) in [4.78, 5) is 29.8. The molecule has 2 amide bonds. The summed E-state index contributed by atoms with van der Waals surface area (Å²) >= 11 is 3.29. The van der Waals surface area contributed by atoms with Crippen molar-refractivity contribution in [3.8, 4) is 10.6 Å². The number of carbonyl (C=O) groups excluding carboxylic acids is 2. The van der Waals surface area contributed by atoms with Crippen molar-refractivity contribution in [3.63, 3.8) is 0 Å². The number of nitrogens with one attached hydrogen (secondary N) is 2. The molecule has 35 heavy (non-hydrogen) atoms. The van der Waals surface area contributed by atoms with Gasteiger partial charge in [-0.1, -0.05) is 0 Å². The first-order chi connectivity index (χ1) is 16.8. The second kappa shape index (κ2) is 9.82. The molecule has 0 radical (unpaired) electrons. The number of ether oxygens (including phenoxy) is 1. The largest absolute Gasteiger partial charge is 0.464 e. The van der Waals surface area contributed by atoms with Gasteiger partial charge in [-0.3, -0.25) is 5.32 Å². The number of hydrogen-bond donors (Lipinski definition) is 2. The van der Waals surface area contributed by atoms with Gasteiger partial charge >= 0.3 is 12.0 Å². The standard InChI is InChI=1S/C27H32N2O4S2/c1-27(2,3)33-25(30)22-17-10-5-7-13-21(17)35-24(22)29-26(31)28-15-18-16-9-4-6-12-20(16)34-23(18)19-11-8-14-32-19/h8,11,14H,4-7,9-10,12-13,15H2,1-3H3,(H2,28,29,31). The molecule has 0 spiro atoms. The lowest BCUT2D eigenvalue weighted by molar-refractivity contribution is 0.00699. The van der Waals surface area contributed by atoms with E-state index in [9.17, 15) is 9.59 Å². The second-order valence-electron chi connectivity index (χ2n) is 10.2. The minimum Gasteiger partial charge on any atom is -0.464 e. The van der Waals surface area contributed by atoms with Gasteiger partial charge in [0.15, 0.2) is 0 Å². The predicted molar refractivity (Wildman–Crippen MR) is 141 cm³/mol. The van der Waals surface area contributed by atoms with Crippen molar-refractivity contribution >= 4 is 39.7 Å². The van der Waals surface area contributed by atoms with Crippen molar-refractivity contribution in [3.05, 3.63) is 50.4 Å². The van der Waals surface area contributed by atoms with E-state index in [1.54, 1.807) is 17.6 Å². The molecular weight excluding hydrogens is 480 g/mol. The van der Waals surface area contributed by atoms with E-state index in [2.05, 4.69) is 10.6 Å². The third kappa shape index (κ3) is 5.19. The molecule has 0 unspecified atom stereocenters. The molecule has 0 bridgehead atoms. The van der Waals surface area contributed by atoms with Gasteiger partial charge in [-0.15, -0.1) is 22.7 Å². The molecule has 0 aliphatic heterocycles. The van der Waals surface area contributed by atoms with Gasteiger partial charge < -0.3 is 14.5 Å². The van der Waals surface area contributed by atoms with Gasteiger partial charge in [-0.2, -0.15) is 0 Å². The van der Waals surface area contributed by atoms with Gasteiger partial charge in [-0.05, 0) is 101 Å². The summed E-state index contributed by atoms with van der Waals surface area (Å²) in [5.74, 6) is 0.485. The van der Waals surface area contributed by atoms with E-state index >= 15 is 0 Å². The summed E-state index contributed by atoms with van der Waals surface area (Å²) in [5, 5.41) is 6.61. The Balaban J connectivity index is 1.36. The summed E-state index contributed by atoms with van der Waals surface area (Å²) < 4.78 is 11.4. The van der Waals surface area contributed by atoms with Gasteiger partial charge in [0, 0.05) is 16.3 Å². The van der Waals surface area contributed by atoms with Crippen molar-refractivity contribution in [2.24, 2.45) is 0 Å². The van der Waals surface area contributed by atoms with E-state index < -0.39 is 5.60 Å². The lowest BCUT2D eigenvalue weighted by atomic mass is 9.94. The van der Waals surface area contributed by atoms with Crippen molar-refractivity contribution in [2.45, 2.75) is 84.3 Å². The SMILES string of the molecule is CC(C)(C)OC(=O)c1c(NC(=O)NCc2c(-c3ccco3)sc3c2CCCC3)sc2c1CCCC2. The molecule has 0 atom stereocenters. The van der Waals surface area contributed by atoms with Gasteiger partial charge in [0.25, 0.3) is 0 Å². The summed E-state index contributed by atoms with van der Waals surface area (Å²) in [7, 11) is 0. The highest BCUT2D eigenvalue weighted by Crippen LogP contribution is 2.41. The molecule has 2 aliphatic carbocycles. The number of anilines is 1. The number of thiophene rings is 2. The smallest absolute Gasteiger partial charge is 0.341 e. The van der Waals surface area contributed by atoms with Gasteiger partial charge in [0.2, 0.25) is 0 Å². The summed E-state index contributed by atoms with van der Waals surface area (Å²) in [6.45, 7) is 6.01. The topological polar surface area (TPSA) is 80.6 Å². The van der Waals surface area contributed by atoms with E-state index in [0.717, 1.165) is 60.3 Å². The van der Waals surface area contributed by atoms with E-state index in [-0.39, 0.29) is 12.0 Å². The first-order valence-electron chi connectivity index (χ1n) is 12.4. The van der Waals surface area contributed by atoms with Crippen LogP contribution in [0.3, 0.4) is 0 Å². The zero-order valence-electron chi connectivity index (χ0n) is 20.5. The van der Waals surface area contributed by atoms with Crippen LogP contribution in [-0.4, -0.2) is 17.6 Å². The van der Waals surface area contributed by atoms with Crippen LogP contribution in [0.25, 0.3) is 10.6 Å². The Labute approximate surface area is 214 Å². The molecule has 186 valence electrons. The summed E-state index contributed by atoms with van der Waals surface area (Å²) in [5.41, 5.74) is 3.47. The molecule has 0 saturated heterocycles. The van der Waals surface area contributed by atoms with E-state index in [1.165, 1.54) is 39.5 Å². The number of rotatable bonds is 5. The lowest BCUT2D eigenvalue weighted by Gasteiger charge is -2.21. The number of furan rings is 1. The lowest BCUT2D eigenvalue weighted by Crippen LogP contribution is -2.30. The Hall–Kier alpha value is -2.58. The van der Waals surface area contributed by atoms with Crippen molar-refractivity contribution < 1.29 is 18.7 Å². The fourth-order valence-electron chi connectivity index (χ4n) is 4.94. The summed E-state index contributed by atoms with van der Waals surface area (Å²) in [6.07, 6.45) is 10.1. The van der Waals surface area contributed by atoms with E-state index in [0.29, 0.717) is 17.1 Å². The molecular formula is C27H32N2O4S2. The van der Waals surface area contributed by atoms with Crippen LogP contribution in [-0.2, 0) is 37.0 Å². The zero-order chi connectivity index (χ0) is 24.6. The highest BCUT2D eigenvalue weighted by Gasteiger charge is 2.30. The normalized spacial score (nSPS) is 15.3. The van der Waals surface area contributed by atoms with Crippen LogP contribution in [0.2, 0.25) is 0 Å². The first kappa shape index (κ1) is 24.1. The average Bonchev–Trinajstić information content (AvgIpc) is 3.53. The van der Waals surface area contributed by atoms with Crippen molar-refractivity contribution in [2.75, 3.05) is 5.32 Å². The Kier molecular flexibility index (Phi) is 6.77. The molecule has 0 aromatic carbocycles. The Morgan fingerprint density at radius 2 is 1.69 bits per heavy atom. The van der Waals surface area contributed by atoms with Crippen LogP contribution in [0.5, 0.6) is 0 Å². The number of amides is 2. The fraction of sp³-hybridized carbons (Fsp3) is 0.481. The highest BCUT2D eigenvalue weighted by atomic mass is 32.1. The number of hydrogen-bond acceptors (Lipinski definition) is 6. The molecule has 6 nitrogen and oxygen atoms in total. The van der Waals surface area contributed by atoms with Crippen molar-refractivity contribution in [1.29, 1.82) is 0 Å². The number of carbonyl (C=O) groups is 2. The fourth-order valence-corrected chi connectivity index (χ4v) is 7.59. The van der Waals surface area contributed by atoms with E-state index in [4.69, 9.17) is 9.15 Å². The van der Waals surface area contributed by atoms with Crippen LogP contribution in [0.1, 0.15) is 83.3 Å². The highest BCUT2D eigenvalue weighted by molar-refractivity contribution is 7.17. The number of aryl methyl sites for hydroxylation is 2. The minimum atomic E-state index is -0.597. The van der Waals surface area contributed by atoms with Crippen LogP contribution in [0.15, 0.2) is 22.8 Å². The number of esters is 1. The minimum absolute atomic E-state index is 0.311. The molecule has 0 saturated carbocycles. The maximum atomic E-state index is 13.1. The van der Waals surface area contributed by atoms with Crippen LogP contribution < -0.4 is 10.6 Å². The van der Waals surface area contributed by atoms with E-state index in [1.807, 2.05) is 32.9 Å². The molecule has 0 fully saturated rings.